The van der Waals surface area contributed by atoms with E-state index in [2.05, 4.69) is 228 Å². The Morgan fingerprint density at radius 3 is 1.50 bits per heavy atom. The summed E-state index contributed by atoms with van der Waals surface area (Å²) in [5.41, 5.74) is 18.4. The van der Waals surface area contributed by atoms with E-state index in [-0.39, 0.29) is 0 Å². The van der Waals surface area contributed by atoms with Gasteiger partial charge in [0.2, 0.25) is 0 Å². The van der Waals surface area contributed by atoms with Crippen LogP contribution in [0.3, 0.4) is 0 Å². The Hall–Kier alpha value is -9.11. The molecule has 15 rings (SSSR count). The predicted octanol–water partition coefficient (Wildman–Crippen LogP) is 20.2. The van der Waals surface area contributed by atoms with Gasteiger partial charge >= 0.3 is 0 Å². The number of para-hydroxylation sites is 6. The van der Waals surface area contributed by atoms with Crippen molar-refractivity contribution in [2.45, 2.75) is 81.5 Å². The minimum absolute atomic E-state index is 0.623. The fourth-order valence-corrected chi connectivity index (χ4v) is 11.6. The molecule has 0 aromatic heterocycles. The number of methoxy groups -OCH3 is 2. The van der Waals surface area contributed by atoms with Crippen molar-refractivity contribution < 1.29 is 9.47 Å². The first-order chi connectivity index (χ1) is 43.1. The molecule has 1 fully saturated rings. The number of nitrogens with zero attached hydrogens (tertiary/aromatic N) is 2. The molecule has 0 saturated carbocycles. The standard InChI is InChI=1S/C14H11N.C13H10S.C11H15N.2C9H11N.C8H11N.2C8H10O/c1-3-7-13-11(5-1)9-10-12-6-2-4-8-14(12)15-13;1-3-7-12-10(5-1)9-11-6-2-4-8-13(11)14-12;1-3-7-11(8-4-1)12-9-5-2-6-10-12;1-7-6-8-4-2-3-5-9(8)10-7;1-2-6-9-8(4-1)5-3-7-10-9;1-9(2)8-6-4-3-5-7-8;1-7-3-5-8(9-2)6-4-7;1-7-4-3-5-8(6-7)9-2/h1-10,15H;1-8H,9H2;1,3-4,7-8H,2,5-6,9-10H2;2-5,7,10H,6H2,1H3;1-2,4,6,10H,3,5,7H2;3-7H,1-2H3;2*3-6H,1-2H3. The number of nitrogens with one attached hydrogen (secondary N) is 3. The smallest absolute Gasteiger partial charge is 0.119 e. The summed E-state index contributed by atoms with van der Waals surface area (Å²) in [6.07, 6.45) is 13.2. The normalized spacial score (nSPS) is 13.7. The molecule has 0 spiro atoms. The number of anilines is 6. The molecule has 452 valence electrons. The van der Waals surface area contributed by atoms with Crippen molar-refractivity contribution in [3.05, 3.63) is 299 Å². The topological polar surface area (TPSA) is 61.0 Å². The van der Waals surface area contributed by atoms with Crippen molar-refractivity contribution in [3.8, 4) is 11.5 Å². The third-order valence-electron chi connectivity index (χ3n) is 15.3. The molecule has 7 nitrogen and oxygen atoms in total. The molecule has 1 saturated heterocycles. The first kappa shape index (κ1) is 64.9. The molecule has 0 bridgehead atoms. The van der Waals surface area contributed by atoms with Gasteiger partial charge in [0.1, 0.15) is 11.5 Å². The number of rotatable bonds is 4. The number of hydrogen-bond acceptors (Lipinski definition) is 8. The minimum Gasteiger partial charge on any atom is -0.497 e. The molecule has 0 radical (unpaired) electrons. The van der Waals surface area contributed by atoms with Gasteiger partial charge in [-0.05, 0) is 190 Å². The van der Waals surface area contributed by atoms with Crippen LogP contribution < -0.4 is 35.2 Å². The number of benzene rings is 10. The predicted molar refractivity (Wildman–Crippen MR) is 380 cm³/mol. The number of ether oxygens (including phenoxy) is 2. The van der Waals surface area contributed by atoms with E-state index in [1.807, 2.05) is 112 Å². The second kappa shape index (κ2) is 35.5. The quantitative estimate of drug-likeness (QED) is 0.161. The van der Waals surface area contributed by atoms with Crippen LogP contribution >= 0.6 is 11.8 Å². The van der Waals surface area contributed by atoms with Crippen LogP contribution in [0.1, 0.15) is 77.1 Å². The van der Waals surface area contributed by atoms with E-state index in [9.17, 15) is 0 Å². The summed E-state index contributed by atoms with van der Waals surface area (Å²) in [6.45, 7) is 9.92. The Labute approximate surface area is 530 Å². The lowest BCUT2D eigenvalue weighted by atomic mass is 10.0. The SMILES string of the molecule is C1=Cc2ccccc2Nc2ccccc21.CC1Cc2ccccc2N1.CN(C)c1ccccc1.COc1ccc(C)cc1.COc1cccc(C)c1.c1ccc(N2CCCCC2)cc1.c1ccc2c(c1)CCCN2.c1ccc2c(c1)Cc1ccccc1S2. The van der Waals surface area contributed by atoms with Gasteiger partial charge in [-0.2, -0.15) is 0 Å². The Kier molecular flexibility index (Phi) is 26.2. The Morgan fingerprint density at radius 1 is 0.455 bits per heavy atom. The summed E-state index contributed by atoms with van der Waals surface area (Å²) in [4.78, 5) is 7.38. The van der Waals surface area contributed by atoms with Crippen LogP contribution in [0.25, 0.3) is 12.2 Å². The molecule has 1 unspecified atom stereocenters. The van der Waals surface area contributed by atoms with Crippen molar-refractivity contribution in [2.75, 3.05) is 73.7 Å². The summed E-state index contributed by atoms with van der Waals surface area (Å²) in [5, 5.41) is 10.2. The summed E-state index contributed by atoms with van der Waals surface area (Å²) >= 11 is 1.88. The third-order valence-corrected chi connectivity index (χ3v) is 16.5. The molecule has 5 aliphatic rings. The van der Waals surface area contributed by atoms with E-state index in [1.165, 1.54) is 140 Å². The fourth-order valence-electron chi connectivity index (χ4n) is 10.5. The van der Waals surface area contributed by atoms with Crippen molar-refractivity contribution in [1.29, 1.82) is 0 Å². The van der Waals surface area contributed by atoms with Gasteiger partial charge in [-0.15, -0.1) is 0 Å². The summed E-state index contributed by atoms with van der Waals surface area (Å²) in [7, 11) is 7.42. The van der Waals surface area contributed by atoms with Crippen LogP contribution in [-0.2, 0) is 19.3 Å². The molecule has 5 aliphatic heterocycles. The first-order valence-electron chi connectivity index (χ1n) is 31.0. The van der Waals surface area contributed by atoms with Crippen LogP contribution in [0, 0.1) is 13.8 Å². The summed E-state index contributed by atoms with van der Waals surface area (Å²) in [5.74, 6) is 1.84. The highest BCUT2D eigenvalue weighted by molar-refractivity contribution is 7.99. The van der Waals surface area contributed by atoms with Crippen molar-refractivity contribution in [2.24, 2.45) is 0 Å². The van der Waals surface area contributed by atoms with Gasteiger partial charge < -0.3 is 35.2 Å². The molecular formula is C80H89N5O2S. The second-order valence-corrected chi connectivity index (χ2v) is 23.5. The van der Waals surface area contributed by atoms with Gasteiger partial charge in [-0.3, -0.25) is 0 Å². The van der Waals surface area contributed by atoms with Crippen molar-refractivity contribution >= 4 is 58.0 Å². The van der Waals surface area contributed by atoms with E-state index in [1.54, 1.807) is 14.2 Å². The van der Waals surface area contributed by atoms with E-state index in [0.717, 1.165) is 24.5 Å². The molecule has 0 amide bonds. The number of piperidine rings is 1. The van der Waals surface area contributed by atoms with E-state index < -0.39 is 0 Å². The van der Waals surface area contributed by atoms with Gasteiger partial charge in [-0.1, -0.05) is 199 Å². The lowest BCUT2D eigenvalue weighted by Crippen LogP contribution is -2.29. The number of aryl methyl sites for hydroxylation is 3. The van der Waals surface area contributed by atoms with E-state index in [0.29, 0.717) is 6.04 Å². The Morgan fingerprint density at radius 2 is 0.966 bits per heavy atom. The highest BCUT2D eigenvalue weighted by Crippen LogP contribution is 2.39. The third kappa shape index (κ3) is 21.1. The maximum absolute atomic E-state index is 5.00. The van der Waals surface area contributed by atoms with Crippen LogP contribution in [0.5, 0.6) is 11.5 Å². The highest BCUT2D eigenvalue weighted by Gasteiger charge is 2.16. The van der Waals surface area contributed by atoms with Crippen molar-refractivity contribution in [3.63, 3.8) is 0 Å². The van der Waals surface area contributed by atoms with Gasteiger partial charge in [0.25, 0.3) is 0 Å². The molecule has 1 atom stereocenters. The average Bonchev–Trinajstić information content (AvgIpc) is 4.08. The van der Waals surface area contributed by atoms with Gasteiger partial charge in [0.05, 0.1) is 14.2 Å². The molecule has 10 aromatic carbocycles. The second-order valence-electron chi connectivity index (χ2n) is 22.4. The van der Waals surface area contributed by atoms with Crippen LogP contribution in [-0.4, -0.2) is 54.0 Å². The Bertz CT molecular complexity index is 3470. The molecule has 10 aromatic rings. The summed E-state index contributed by atoms with van der Waals surface area (Å²) in [6, 6.07) is 88.5. The van der Waals surface area contributed by atoms with Crippen LogP contribution in [0.4, 0.5) is 34.1 Å². The largest absolute Gasteiger partial charge is 0.497 e. The molecule has 0 aliphatic carbocycles. The lowest BCUT2D eigenvalue weighted by molar-refractivity contribution is 0.414. The summed E-state index contributed by atoms with van der Waals surface area (Å²) < 4.78 is 9.96. The molecule has 8 heteroatoms. The van der Waals surface area contributed by atoms with Gasteiger partial charge in [-0.25, -0.2) is 0 Å². The zero-order chi connectivity index (χ0) is 61.6. The molecule has 5 heterocycles. The van der Waals surface area contributed by atoms with Crippen LogP contribution in [0.15, 0.2) is 265 Å². The zero-order valence-electron chi connectivity index (χ0n) is 52.7. The molecule has 88 heavy (non-hydrogen) atoms. The highest BCUT2D eigenvalue weighted by atomic mass is 32.2. The van der Waals surface area contributed by atoms with Crippen molar-refractivity contribution in [1.82, 2.24) is 0 Å². The maximum Gasteiger partial charge on any atom is 0.119 e. The van der Waals surface area contributed by atoms with E-state index >= 15 is 0 Å². The number of hydrogen-bond donors (Lipinski definition) is 3. The Balaban J connectivity index is 0.000000131. The van der Waals surface area contributed by atoms with Gasteiger partial charge in [0.15, 0.2) is 0 Å². The monoisotopic (exact) mass is 1180 g/mol. The zero-order valence-corrected chi connectivity index (χ0v) is 53.5. The molecule has 3 N–H and O–H groups in total. The maximum atomic E-state index is 5.00. The fraction of sp³-hybridized carbons (Fsp3) is 0.225. The average molecular weight is 1180 g/mol. The molecular weight excluding hydrogens is 1090 g/mol. The van der Waals surface area contributed by atoms with Crippen LogP contribution in [0.2, 0.25) is 0 Å². The number of fused-ring (bicyclic) bond motifs is 6. The van der Waals surface area contributed by atoms with Gasteiger partial charge in [0, 0.05) is 83.7 Å². The minimum atomic E-state index is 0.623. The van der Waals surface area contributed by atoms with E-state index in [4.69, 9.17) is 9.47 Å². The first-order valence-corrected chi connectivity index (χ1v) is 31.8. The lowest BCUT2D eigenvalue weighted by Gasteiger charge is -2.28.